The fourth-order valence-corrected chi connectivity index (χ4v) is 4.62. The van der Waals surface area contributed by atoms with Crippen LogP contribution >= 0.6 is 0 Å². The third-order valence-corrected chi connectivity index (χ3v) is 6.68. The Hall–Kier alpha value is -2.75. The van der Waals surface area contributed by atoms with Crippen molar-refractivity contribution in [2.24, 2.45) is 5.92 Å². The van der Waals surface area contributed by atoms with Crippen molar-refractivity contribution in [1.82, 2.24) is 5.32 Å². The van der Waals surface area contributed by atoms with Crippen LogP contribution in [0.3, 0.4) is 0 Å². The molecular formula is C21H23F3N2O4S. The average Bonchev–Trinajstić information content (AvgIpc) is 2.73. The van der Waals surface area contributed by atoms with E-state index in [-0.39, 0.29) is 47.9 Å². The number of ether oxygens (including phenoxy) is 1. The summed E-state index contributed by atoms with van der Waals surface area (Å²) in [6.07, 6.45) is -3.72. The molecule has 0 spiro atoms. The van der Waals surface area contributed by atoms with Crippen molar-refractivity contribution >= 4 is 21.6 Å². The Labute approximate surface area is 178 Å². The lowest BCUT2D eigenvalue weighted by Crippen LogP contribution is -2.40. The molecule has 0 aromatic heterocycles. The van der Waals surface area contributed by atoms with Gasteiger partial charge >= 0.3 is 6.18 Å². The molecule has 0 saturated heterocycles. The maximum Gasteiger partial charge on any atom is 0.391 e. The van der Waals surface area contributed by atoms with Gasteiger partial charge in [-0.1, -0.05) is 12.1 Å². The van der Waals surface area contributed by atoms with Crippen LogP contribution in [0.4, 0.5) is 18.9 Å². The molecule has 0 unspecified atom stereocenters. The predicted molar refractivity (Wildman–Crippen MR) is 110 cm³/mol. The van der Waals surface area contributed by atoms with Gasteiger partial charge in [-0.25, -0.2) is 8.42 Å². The number of methoxy groups -OCH3 is 1. The average molecular weight is 456 g/mol. The molecule has 10 heteroatoms. The highest BCUT2D eigenvalue weighted by Crippen LogP contribution is 2.37. The van der Waals surface area contributed by atoms with Crippen LogP contribution in [0, 0.1) is 5.92 Å². The highest BCUT2D eigenvalue weighted by molar-refractivity contribution is 7.92. The van der Waals surface area contributed by atoms with E-state index in [0.29, 0.717) is 5.75 Å². The highest BCUT2D eigenvalue weighted by atomic mass is 32.2. The van der Waals surface area contributed by atoms with Gasteiger partial charge in [0.15, 0.2) is 0 Å². The van der Waals surface area contributed by atoms with Gasteiger partial charge < -0.3 is 10.1 Å². The molecule has 2 N–H and O–H groups in total. The zero-order valence-electron chi connectivity index (χ0n) is 16.8. The first-order valence-corrected chi connectivity index (χ1v) is 11.2. The van der Waals surface area contributed by atoms with Gasteiger partial charge in [-0.05, 0) is 62.1 Å². The highest BCUT2D eigenvalue weighted by Gasteiger charge is 2.41. The van der Waals surface area contributed by atoms with Crippen LogP contribution in [0.25, 0.3) is 0 Å². The number of hydrogen-bond donors (Lipinski definition) is 2. The van der Waals surface area contributed by atoms with Crippen molar-refractivity contribution in [3.8, 4) is 5.75 Å². The molecule has 0 heterocycles. The van der Waals surface area contributed by atoms with E-state index in [2.05, 4.69) is 10.0 Å². The molecule has 1 aliphatic carbocycles. The Kier molecular flexibility index (Phi) is 6.78. The fraction of sp³-hybridized carbons (Fsp3) is 0.381. The van der Waals surface area contributed by atoms with Crippen LogP contribution in [0.2, 0.25) is 0 Å². The Balaban J connectivity index is 1.62. The summed E-state index contributed by atoms with van der Waals surface area (Å²) in [7, 11) is -2.48. The lowest BCUT2D eigenvalue weighted by molar-refractivity contribution is -0.182. The summed E-state index contributed by atoms with van der Waals surface area (Å²) in [4.78, 5) is 12.4. The van der Waals surface area contributed by atoms with Gasteiger partial charge in [0.1, 0.15) is 5.75 Å². The molecule has 6 nitrogen and oxygen atoms in total. The first kappa shape index (κ1) is 22.9. The van der Waals surface area contributed by atoms with Crippen molar-refractivity contribution in [2.75, 3.05) is 11.8 Å². The van der Waals surface area contributed by atoms with Gasteiger partial charge in [0.2, 0.25) is 0 Å². The summed E-state index contributed by atoms with van der Waals surface area (Å²) in [6, 6.07) is 11.6. The van der Waals surface area contributed by atoms with Gasteiger partial charge in [0.05, 0.1) is 23.6 Å². The first-order valence-electron chi connectivity index (χ1n) is 9.73. The fourth-order valence-electron chi connectivity index (χ4n) is 3.55. The lowest BCUT2D eigenvalue weighted by Gasteiger charge is -2.30. The second-order valence-corrected chi connectivity index (χ2v) is 9.08. The van der Waals surface area contributed by atoms with E-state index in [4.69, 9.17) is 4.74 Å². The second-order valence-electron chi connectivity index (χ2n) is 7.39. The van der Waals surface area contributed by atoms with Gasteiger partial charge in [0.25, 0.3) is 15.9 Å². The normalized spacial score (nSPS) is 19.5. The van der Waals surface area contributed by atoms with E-state index >= 15 is 0 Å². The molecule has 0 radical (unpaired) electrons. The molecule has 0 bridgehead atoms. The number of amides is 1. The minimum absolute atomic E-state index is 0.0136. The number of anilines is 1. The quantitative estimate of drug-likeness (QED) is 0.677. The Morgan fingerprint density at radius 1 is 1.00 bits per heavy atom. The van der Waals surface area contributed by atoms with E-state index < -0.39 is 28.0 Å². The SMILES string of the molecule is COc1ccccc1NS(=O)(=O)c1ccc(C(=O)NC2CCC(C(F)(F)F)CC2)cc1. The number of sulfonamides is 1. The van der Waals surface area contributed by atoms with Crippen LogP contribution in [0.5, 0.6) is 5.75 Å². The smallest absolute Gasteiger partial charge is 0.391 e. The molecule has 168 valence electrons. The van der Waals surface area contributed by atoms with E-state index in [1.54, 1.807) is 24.3 Å². The van der Waals surface area contributed by atoms with E-state index in [0.717, 1.165) is 0 Å². The zero-order valence-corrected chi connectivity index (χ0v) is 17.6. The number of alkyl halides is 3. The third-order valence-electron chi connectivity index (χ3n) is 5.30. The molecule has 1 saturated carbocycles. The number of halogens is 3. The van der Waals surface area contributed by atoms with Crippen molar-refractivity contribution in [1.29, 1.82) is 0 Å². The van der Waals surface area contributed by atoms with Crippen molar-refractivity contribution < 1.29 is 31.1 Å². The number of hydrogen-bond acceptors (Lipinski definition) is 4. The van der Waals surface area contributed by atoms with Crippen LogP contribution < -0.4 is 14.8 Å². The zero-order chi connectivity index (χ0) is 22.6. The Morgan fingerprint density at radius 3 is 2.19 bits per heavy atom. The molecule has 1 fully saturated rings. The summed E-state index contributed by atoms with van der Waals surface area (Å²) in [5.41, 5.74) is 0.510. The number of nitrogens with one attached hydrogen (secondary N) is 2. The second kappa shape index (κ2) is 9.17. The van der Waals surface area contributed by atoms with Gasteiger partial charge in [0, 0.05) is 11.6 Å². The van der Waals surface area contributed by atoms with Crippen LogP contribution in [0.15, 0.2) is 53.4 Å². The maximum absolute atomic E-state index is 12.8. The third kappa shape index (κ3) is 5.69. The summed E-state index contributed by atoms with van der Waals surface area (Å²) in [5.74, 6) is -1.40. The minimum atomic E-state index is -4.20. The predicted octanol–water partition coefficient (Wildman–Crippen LogP) is 4.35. The number of benzene rings is 2. The number of carbonyl (C=O) groups excluding carboxylic acids is 1. The number of rotatable bonds is 6. The topological polar surface area (TPSA) is 84.5 Å². The standard InChI is InChI=1S/C21H23F3N2O4S/c1-30-19-5-3-2-4-18(19)26-31(28,29)17-12-6-14(7-13-17)20(27)25-16-10-8-15(9-11-16)21(22,23)24/h2-7,12-13,15-16,26H,8-11H2,1H3,(H,25,27). The first-order chi connectivity index (χ1) is 14.6. The van der Waals surface area contributed by atoms with Crippen LogP contribution in [0.1, 0.15) is 36.0 Å². The molecular weight excluding hydrogens is 433 g/mol. The van der Waals surface area contributed by atoms with Crippen molar-refractivity contribution in [2.45, 2.75) is 42.8 Å². The van der Waals surface area contributed by atoms with Crippen molar-refractivity contribution in [3.63, 3.8) is 0 Å². The molecule has 2 aromatic rings. The molecule has 1 amide bonds. The molecule has 3 rings (SSSR count). The molecule has 0 atom stereocenters. The monoisotopic (exact) mass is 456 g/mol. The minimum Gasteiger partial charge on any atom is -0.495 e. The summed E-state index contributed by atoms with van der Waals surface area (Å²) < 4.78 is 71.1. The van der Waals surface area contributed by atoms with Gasteiger partial charge in [-0.3, -0.25) is 9.52 Å². The summed E-state index contributed by atoms with van der Waals surface area (Å²) in [6.45, 7) is 0. The van der Waals surface area contributed by atoms with Crippen LogP contribution in [-0.4, -0.2) is 33.7 Å². The van der Waals surface area contributed by atoms with E-state index in [1.165, 1.54) is 31.4 Å². The molecule has 1 aliphatic rings. The Bertz CT molecular complexity index is 1020. The molecule has 31 heavy (non-hydrogen) atoms. The van der Waals surface area contributed by atoms with Crippen molar-refractivity contribution in [3.05, 3.63) is 54.1 Å². The van der Waals surface area contributed by atoms with E-state index in [1.807, 2.05) is 0 Å². The Morgan fingerprint density at radius 2 is 1.61 bits per heavy atom. The molecule has 0 aliphatic heterocycles. The maximum atomic E-state index is 12.8. The van der Waals surface area contributed by atoms with Gasteiger partial charge in [-0.15, -0.1) is 0 Å². The summed E-state index contributed by atoms with van der Waals surface area (Å²) in [5, 5.41) is 2.73. The lowest BCUT2D eigenvalue weighted by atomic mass is 9.85. The molecule has 2 aromatic carbocycles. The summed E-state index contributed by atoms with van der Waals surface area (Å²) >= 11 is 0. The van der Waals surface area contributed by atoms with Crippen LogP contribution in [-0.2, 0) is 10.0 Å². The largest absolute Gasteiger partial charge is 0.495 e. The number of carbonyl (C=O) groups is 1. The van der Waals surface area contributed by atoms with Gasteiger partial charge in [-0.2, -0.15) is 13.2 Å². The van der Waals surface area contributed by atoms with E-state index in [9.17, 15) is 26.4 Å². The number of para-hydroxylation sites is 2.